The van der Waals surface area contributed by atoms with Gasteiger partial charge in [-0.15, -0.1) is 0 Å². The van der Waals surface area contributed by atoms with Crippen molar-refractivity contribution in [2.24, 2.45) is 0 Å². The van der Waals surface area contributed by atoms with Crippen LogP contribution in [0.5, 0.6) is 0 Å². The summed E-state index contributed by atoms with van der Waals surface area (Å²) < 4.78 is 0. The van der Waals surface area contributed by atoms with Crippen molar-refractivity contribution >= 4 is 17.4 Å². The summed E-state index contributed by atoms with van der Waals surface area (Å²) in [5.41, 5.74) is 2.64. The number of aromatic nitrogens is 1. The molecule has 0 bridgehead atoms. The smallest absolute Gasteiger partial charge is 0.0598 e. The van der Waals surface area contributed by atoms with E-state index in [4.69, 9.17) is 0 Å². The molecule has 0 aromatic carbocycles. The minimum atomic E-state index is 0.719. The molecule has 0 aliphatic carbocycles. The van der Waals surface area contributed by atoms with E-state index in [1.54, 1.807) is 0 Å². The highest BCUT2D eigenvalue weighted by molar-refractivity contribution is 8.00. The first kappa shape index (κ1) is 11.7. The SMILES string of the molecule is CNCc1ccncc1N1CCSC(C)C1. The summed E-state index contributed by atoms with van der Waals surface area (Å²) in [6.07, 6.45) is 3.87. The van der Waals surface area contributed by atoms with Crippen LogP contribution in [-0.2, 0) is 6.54 Å². The Bertz CT molecular complexity index is 343. The van der Waals surface area contributed by atoms with Crippen molar-refractivity contribution in [3.8, 4) is 0 Å². The maximum atomic E-state index is 4.25. The first-order valence-corrected chi connectivity index (χ1v) is 6.80. The Labute approximate surface area is 102 Å². The molecular weight excluding hydrogens is 218 g/mol. The van der Waals surface area contributed by atoms with Crippen molar-refractivity contribution < 1.29 is 0 Å². The molecule has 1 fully saturated rings. The van der Waals surface area contributed by atoms with Crippen molar-refractivity contribution in [1.29, 1.82) is 0 Å². The molecule has 0 saturated carbocycles. The fourth-order valence-electron chi connectivity index (χ4n) is 2.08. The van der Waals surface area contributed by atoms with Gasteiger partial charge >= 0.3 is 0 Å². The van der Waals surface area contributed by atoms with E-state index in [0.29, 0.717) is 0 Å². The van der Waals surface area contributed by atoms with Crippen molar-refractivity contribution in [1.82, 2.24) is 10.3 Å². The van der Waals surface area contributed by atoms with E-state index in [1.807, 2.05) is 19.4 Å². The zero-order valence-electron chi connectivity index (χ0n) is 9.94. The van der Waals surface area contributed by atoms with Gasteiger partial charge in [-0.05, 0) is 18.7 Å². The van der Waals surface area contributed by atoms with Crippen LogP contribution in [0.15, 0.2) is 18.5 Å². The fraction of sp³-hybridized carbons (Fsp3) is 0.583. The van der Waals surface area contributed by atoms with Crippen LogP contribution in [0.3, 0.4) is 0 Å². The molecule has 0 spiro atoms. The fourth-order valence-corrected chi connectivity index (χ4v) is 3.09. The van der Waals surface area contributed by atoms with Gasteiger partial charge in [0.05, 0.1) is 11.9 Å². The van der Waals surface area contributed by atoms with Crippen molar-refractivity contribution in [2.45, 2.75) is 18.7 Å². The van der Waals surface area contributed by atoms with Crippen molar-refractivity contribution in [3.63, 3.8) is 0 Å². The molecule has 0 amide bonds. The van der Waals surface area contributed by atoms with Gasteiger partial charge < -0.3 is 10.2 Å². The molecule has 1 aliphatic heterocycles. The van der Waals surface area contributed by atoms with Crippen LogP contribution >= 0.6 is 11.8 Å². The predicted octanol–water partition coefficient (Wildman–Crippen LogP) is 1.74. The van der Waals surface area contributed by atoms with Gasteiger partial charge in [-0.3, -0.25) is 4.98 Å². The maximum Gasteiger partial charge on any atom is 0.0598 e. The molecule has 88 valence electrons. The lowest BCUT2D eigenvalue weighted by Gasteiger charge is -2.33. The quantitative estimate of drug-likeness (QED) is 0.867. The molecule has 1 N–H and O–H groups in total. The van der Waals surface area contributed by atoms with E-state index in [2.05, 4.69) is 40.0 Å². The van der Waals surface area contributed by atoms with Crippen LogP contribution in [0.4, 0.5) is 5.69 Å². The normalized spacial score (nSPS) is 21.1. The van der Waals surface area contributed by atoms with Crippen LogP contribution in [0.1, 0.15) is 12.5 Å². The van der Waals surface area contributed by atoms with E-state index in [1.165, 1.54) is 17.0 Å². The van der Waals surface area contributed by atoms with Gasteiger partial charge in [-0.2, -0.15) is 11.8 Å². The first-order chi connectivity index (χ1) is 7.81. The van der Waals surface area contributed by atoms with Gasteiger partial charge in [0.25, 0.3) is 0 Å². The number of hydrogen-bond acceptors (Lipinski definition) is 4. The molecule has 4 heteroatoms. The zero-order valence-corrected chi connectivity index (χ0v) is 10.8. The Balaban J connectivity index is 2.17. The number of anilines is 1. The Morgan fingerprint density at radius 1 is 1.62 bits per heavy atom. The number of pyridine rings is 1. The van der Waals surface area contributed by atoms with E-state index >= 15 is 0 Å². The second-order valence-electron chi connectivity index (χ2n) is 4.16. The summed E-state index contributed by atoms with van der Waals surface area (Å²) in [7, 11) is 1.99. The first-order valence-electron chi connectivity index (χ1n) is 5.75. The van der Waals surface area contributed by atoms with E-state index in [0.717, 1.165) is 24.9 Å². The van der Waals surface area contributed by atoms with Gasteiger partial charge in [0, 0.05) is 36.8 Å². The summed E-state index contributed by atoms with van der Waals surface area (Å²) in [5, 5.41) is 3.93. The van der Waals surface area contributed by atoms with Gasteiger partial charge in [0.2, 0.25) is 0 Å². The van der Waals surface area contributed by atoms with Crippen LogP contribution in [0.2, 0.25) is 0 Å². The van der Waals surface area contributed by atoms with Gasteiger partial charge in [0.1, 0.15) is 0 Å². The van der Waals surface area contributed by atoms with E-state index in [9.17, 15) is 0 Å². The highest BCUT2D eigenvalue weighted by atomic mass is 32.2. The number of nitrogens with zero attached hydrogens (tertiary/aromatic N) is 2. The van der Waals surface area contributed by atoms with Gasteiger partial charge in [-0.1, -0.05) is 6.92 Å². The Kier molecular flexibility index (Phi) is 4.07. The molecule has 1 aromatic heterocycles. The Morgan fingerprint density at radius 2 is 2.50 bits per heavy atom. The zero-order chi connectivity index (χ0) is 11.4. The van der Waals surface area contributed by atoms with Gasteiger partial charge in [0.15, 0.2) is 0 Å². The van der Waals surface area contributed by atoms with Crippen LogP contribution in [0.25, 0.3) is 0 Å². The Morgan fingerprint density at radius 3 is 3.25 bits per heavy atom. The average molecular weight is 237 g/mol. The Hall–Kier alpha value is -0.740. The molecule has 1 saturated heterocycles. The molecule has 0 radical (unpaired) electrons. The standard InChI is InChI=1S/C12H19N3S/c1-10-9-15(5-6-16-10)12-8-14-4-3-11(12)7-13-2/h3-4,8,10,13H,5-7,9H2,1-2H3. The van der Waals surface area contributed by atoms with Gasteiger partial charge in [-0.25, -0.2) is 0 Å². The molecule has 1 aromatic rings. The minimum absolute atomic E-state index is 0.719. The summed E-state index contributed by atoms with van der Waals surface area (Å²) in [5.74, 6) is 1.22. The topological polar surface area (TPSA) is 28.2 Å². The summed E-state index contributed by atoms with van der Waals surface area (Å²) in [6.45, 7) is 5.48. The monoisotopic (exact) mass is 237 g/mol. The minimum Gasteiger partial charge on any atom is -0.368 e. The third-order valence-electron chi connectivity index (χ3n) is 2.84. The molecule has 1 atom stereocenters. The molecule has 1 aliphatic rings. The predicted molar refractivity (Wildman–Crippen MR) is 71.1 cm³/mol. The molecule has 3 nitrogen and oxygen atoms in total. The molecule has 2 rings (SSSR count). The second-order valence-corrected chi connectivity index (χ2v) is 5.71. The molecule has 2 heterocycles. The third kappa shape index (κ3) is 2.68. The highest BCUT2D eigenvalue weighted by Gasteiger charge is 2.18. The number of rotatable bonds is 3. The lowest BCUT2D eigenvalue weighted by Crippen LogP contribution is -2.37. The number of thioether (sulfide) groups is 1. The summed E-state index contributed by atoms with van der Waals surface area (Å²) in [4.78, 5) is 6.71. The second kappa shape index (κ2) is 5.55. The lowest BCUT2D eigenvalue weighted by molar-refractivity contribution is 0.758. The molecule has 16 heavy (non-hydrogen) atoms. The van der Waals surface area contributed by atoms with E-state index in [-0.39, 0.29) is 0 Å². The summed E-state index contributed by atoms with van der Waals surface area (Å²) in [6, 6.07) is 2.11. The number of nitrogens with one attached hydrogen (secondary N) is 1. The lowest BCUT2D eigenvalue weighted by atomic mass is 10.2. The third-order valence-corrected chi connectivity index (χ3v) is 3.97. The van der Waals surface area contributed by atoms with Crippen molar-refractivity contribution in [3.05, 3.63) is 24.0 Å². The molecule has 1 unspecified atom stereocenters. The van der Waals surface area contributed by atoms with E-state index < -0.39 is 0 Å². The largest absolute Gasteiger partial charge is 0.368 e. The van der Waals surface area contributed by atoms with Crippen LogP contribution in [-0.4, -0.2) is 36.1 Å². The average Bonchev–Trinajstić information content (AvgIpc) is 2.30. The van der Waals surface area contributed by atoms with Crippen LogP contribution < -0.4 is 10.2 Å². The highest BCUT2D eigenvalue weighted by Crippen LogP contribution is 2.25. The summed E-state index contributed by atoms with van der Waals surface area (Å²) >= 11 is 2.06. The molecular formula is C12H19N3S. The van der Waals surface area contributed by atoms with Crippen molar-refractivity contribution in [2.75, 3.05) is 30.8 Å². The number of hydrogen-bond donors (Lipinski definition) is 1. The van der Waals surface area contributed by atoms with Crippen LogP contribution in [0, 0.1) is 0 Å². The maximum absolute atomic E-state index is 4.25.